The van der Waals surface area contributed by atoms with Crippen molar-refractivity contribution in [2.45, 2.75) is 24.1 Å². The summed E-state index contributed by atoms with van der Waals surface area (Å²) in [4.78, 5) is 12.5. The van der Waals surface area contributed by atoms with E-state index in [1.54, 1.807) is 0 Å². The maximum atomic E-state index is 5.65. The Morgan fingerprint density at radius 2 is 1.51 bits per heavy atom. The molecule has 0 N–H and O–H groups in total. The van der Waals surface area contributed by atoms with Crippen LogP contribution in [0.2, 0.25) is 0 Å². The number of thiophene rings is 1. The molecule has 0 spiro atoms. The molecule has 45 heavy (non-hydrogen) atoms. The molecule has 2 atom stereocenters. The number of para-hydroxylation sites is 1. The molecule has 2 aromatic heterocycles. The van der Waals surface area contributed by atoms with E-state index in [4.69, 9.17) is 9.98 Å². The molecule has 2 aliphatic heterocycles. The SMILES string of the molecule is CC12N=C(n3c4ccccc4c4cc5ccccc5cc43)N=C(c3ccc4sc5ccccc5c4c3)C1SC1=C2CC=CC=C1. The van der Waals surface area contributed by atoms with Crippen molar-refractivity contribution >= 4 is 87.5 Å². The molecule has 7 aromatic rings. The van der Waals surface area contributed by atoms with E-state index in [1.807, 2.05) is 23.1 Å². The van der Waals surface area contributed by atoms with Gasteiger partial charge in [-0.05, 0) is 77.7 Å². The van der Waals surface area contributed by atoms with Gasteiger partial charge < -0.3 is 0 Å². The van der Waals surface area contributed by atoms with E-state index in [9.17, 15) is 0 Å². The highest BCUT2D eigenvalue weighted by Gasteiger charge is 2.50. The number of aliphatic imine (C=N–C) groups is 2. The number of allylic oxidation sites excluding steroid dienone is 4. The summed E-state index contributed by atoms with van der Waals surface area (Å²) in [5.74, 6) is 0.757. The van der Waals surface area contributed by atoms with Gasteiger partial charge in [0.1, 0.15) is 5.54 Å². The molecule has 0 saturated heterocycles. The first-order valence-corrected chi connectivity index (χ1v) is 17.1. The van der Waals surface area contributed by atoms with E-state index in [0.29, 0.717) is 0 Å². The third-order valence-electron chi connectivity index (χ3n) is 9.69. The van der Waals surface area contributed by atoms with Crippen molar-refractivity contribution in [3.63, 3.8) is 0 Å². The summed E-state index contributed by atoms with van der Waals surface area (Å²) in [5.41, 5.74) is 5.48. The summed E-state index contributed by atoms with van der Waals surface area (Å²) < 4.78 is 4.94. The summed E-state index contributed by atoms with van der Waals surface area (Å²) >= 11 is 3.78. The molecule has 0 fully saturated rings. The molecule has 3 aliphatic rings. The Bertz CT molecular complexity index is 2570. The summed E-state index contributed by atoms with van der Waals surface area (Å²) in [5, 5.41) is 7.59. The average Bonchev–Trinajstić information content (AvgIpc) is 3.61. The Morgan fingerprint density at radius 3 is 2.42 bits per heavy atom. The lowest BCUT2D eigenvalue weighted by Crippen LogP contribution is -2.44. The van der Waals surface area contributed by atoms with Gasteiger partial charge in [-0.1, -0.05) is 85.0 Å². The van der Waals surface area contributed by atoms with Crippen LogP contribution < -0.4 is 0 Å². The molecule has 10 rings (SSSR count). The quantitative estimate of drug-likeness (QED) is 0.181. The molecule has 1 aliphatic carbocycles. The number of aromatic nitrogens is 1. The van der Waals surface area contributed by atoms with Crippen LogP contribution >= 0.6 is 23.1 Å². The van der Waals surface area contributed by atoms with Crippen molar-refractivity contribution in [1.82, 2.24) is 4.57 Å². The second kappa shape index (κ2) is 9.40. The highest BCUT2D eigenvalue weighted by molar-refractivity contribution is 8.05. The molecule has 2 unspecified atom stereocenters. The molecule has 3 nitrogen and oxygen atoms in total. The highest BCUT2D eigenvalue weighted by atomic mass is 32.2. The van der Waals surface area contributed by atoms with Gasteiger partial charge in [-0.25, -0.2) is 9.98 Å². The van der Waals surface area contributed by atoms with Crippen LogP contribution in [0.15, 0.2) is 148 Å². The van der Waals surface area contributed by atoms with E-state index in [2.05, 4.69) is 139 Å². The first kappa shape index (κ1) is 25.6. The van der Waals surface area contributed by atoms with E-state index < -0.39 is 5.54 Å². The Kier molecular flexibility index (Phi) is 5.35. The normalized spacial score (nSPS) is 21.1. The van der Waals surface area contributed by atoms with Crippen LogP contribution in [-0.4, -0.2) is 27.0 Å². The van der Waals surface area contributed by atoms with Crippen LogP contribution in [0.1, 0.15) is 18.9 Å². The molecule has 5 aromatic carbocycles. The number of benzene rings is 5. The van der Waals surface area contributed by atoms with Gasteiger partial charge in [-0.3, -0.25) is 4.57 Å². The van der Waals surface area contributed by atoms with E-state index in [0.717, 1.165) is 29.1 Å². The average molecular weight is 614 g/mol. The monoisotopic (exact) mass is 613 g/mol. The molecule has 0 bridgehead atoms. The predicted molar refractivity (Wildman–Crippen MR) is 195 cm³/mol. The van der Waals surface area contributed by atoms with E-state index >= 15 is 0 Å². The minimum Gasteiger partial charge on any atom is -0.278 e. The lowest BCUT2D eigenvalue weighted by Gasteiger charge is -2.35. The van der Waals surface area contributed by atoms with Crippen molar-refractivity contribution in [1.29, 1.82) is 0 Å². The van der Waals surface area contributed by atoms with Gasteiger partial charge in [-0.15, -0.1) is 23.1 Å². The lowest BCUT2D eigenvalue weighted by atomic mass is 9.82. The van der Waals surface area contributed by atoms with Gasteiger partial charge in [0, 0.05) is 35.8 Å². The van der Waals surface area contributed by atoms with Gasteiger partial charge in [-0.2, -0.15) is 0 Å². The Hall–Kier alpha value is -4.71. The number of nitrogens with zero attached hydrogens (tertiary/aromatic N) is 3. The summed E-state index contributed by atoms with van der Waals surface area (Å²) in [6.45, 7) is 2.33. The van der Waals surface area contributed by atoms with E-state index in [-0.39, 0.29) is 5.25 Å². The fraction of sp³-hybridized carbons (Fsp3) is 0.100. The molecular weight excluding hydrogens is 587 g/mol. The van der Waals surface area contributed by atoms with Crippen LogP contribution in [0, 0.1) is 0 Å². The van der Waals surface area contributed by atoms with Gasteiger partial charge in [0.15, 0.2) is 0 Å². The van der Waals surface area contributed by atoms with Gasteiger partial charge >= 0.3 is 0 Å². The van der Waals surface area contributed by atoms with Crippen LogP contribution in [0.4, 0.5) is 0 Å². The summed E-state index contributed by atoms with van der Waals surface area (Å²) in [7, 11) is 0. The van der Waals surface area contributed by atoms with Crippen LogP contribution in [0.3, 0.4) is 0 Å². The second-order valence-corrected chi connectivity index (χ2v) is 14.5. The molecule has 0 radical (unpaired) electrons. The largest absolute Gasteiger partial charge is 0.278 e. The zero-order valence-corrected chi connectivity index (χ0v) is 26.2. The molecule has 0 amide bonds. The molecule has 0 saturated carbocycles. The third kappa shape index (κ3) is 3.65. The van der Waals surface area contributed by atoms with Crippen molar-refractivity contribution < 1.29 is 0 Å². The fourth-order valence-corrected chi connectivity index (χ4v) is 10.1. The zero-order chi connectivity index (χ0) is 29.7. The van der Waals surface area contributed by atoms with Crippen molar-refractivity contribution in [2.75, 3.05) is 0 Å². The van der Waals surface area contributed by atoms with Gasteiger partial charge in [0.05, 0.1) is 22.0 Å². The maximum Gasteiger partial charge on any atom is 0.231 e. The molecule has 4 heterocycles. The summed E-state index contributed by atoms with van der Waals surface area (Å²) in [6.07, 6.45) is 9.75. The first-order valence-electron chi connectivity index (χ1n) is 15.4. The minimum atomic E-state index is -0.439. The van der Waals surface area contributed by atoms with Crippen molar-refractivity contribution in [2.24, 2.45) is 9.98 Å². The second-order valence-electron chi connectivity index (χ2n) is 12.3. The Morgan fingerprint density at radius 1 is 0.733 bits per heavy atom. The van der Waals surface area contributed by atoms with E-state index in [1.165, 1.54) is 57.8 Å². The number of rotatable bonds is 1. The molecule has 214 valence electrons. The fourth-order valence-electron chi connectivity index (χ4n) is 7.49. The van der Waals surface area contributed by atoms with Crippen molar-refractivity contribution in [3.8, 4) is 0 Å². The number of thioether (sulfide) groups is 1. The smallest absolute Gasteiger partial charge is 0.231 e. The van der Waals surface area contributed by atoms with Crippen LogP contribution in [0.5, 0.6) is 0 Å². The Labute approximate surface area is 268 Å². The third-order valence-corrected chi connectivity index (χ3v) is 12.4. The molecule has 5 heteroatoms. The summed E-state index contributed by atoms with van der Waals surface area (Å²) in [6, 6.07) is 37.6. The van der Waals surface area contributed by atoms with Crippen LogP contribution in [-0.2, 0) is 0 Å². The Balaban J connectivity index is 1.27. The highest BCUT2D eigenvalue weighted by Crippen LogP contribution is 2.53. The number of fused-ring (bicyclic) bond motifs is 9. The topological polar surface area (TPSA) is 29.6 Å². The number of hydrogen-bond donors (Lipinski definition) is 0. The van der Waals surface area contributed by atoms with Crippen molar-refractivity contribution in [3.05, 3.63) is 143 Å². The number of hydrogen-bond acceptors (Lipinski definition) is 4. The maximum absolute atomic E-state index is 5.65. The zero-order valence-electron chi connectivity index (χ0n) is 24.6. The first-order chi connectivity index (χ1) is 22.2. The minimum absolute atomic E-state index is 0.0821. The molecular formula is C40H27N3S2. The lowest BCUT2D eigenvalue weighted by molar-refractivity contribution is 0.575. The van der Waals surface area contributed by atoms with Gasteiger partial charge in [0.2, 0.25) is 5.96 Å². The predicted octanol–water partition coefficient (Wildman–Crippen LogP) is 10.7. The standard InChI is InChI=1S/C40H27N3S2/c1-40-31-15-3-2-4-18-36(31)45-38(40)37(26-19-20-35-30(22-26)28-14-8-10-17-34(28)44-35)41-39(42-40)43-32-16-9-7-13-27(32)29-21-24-11-5-6-12-25(24)23-33(29)43/h2-14,16-23,38H,15H2,1H3. The van der Waals surface area contributed by atoms with Crippen LogP contribution in [0.25, 0.3) is 52.8 Å². The van der Waals surface area contributed by atoms with Gasteiger partial charge in [0.25, 0.3) is 0 Å².